The first kappa shape index (κ1) is 26.6. The quantitative estimate of drug-likeness (QED) is 0.189. The van der Waals surface area contributed by atoms with Gasteiger partial charge in [-0.2, -0.15) is 0 Å². The van der Waals surface area contributed by atoms with Crippen molar-refractivity contribution in [2.75, 3.05) is 6.61 Å². The molecule has 0 saturated carbocycles. The van der Waals surface area contributed by atoms with E-state index in [9.17, 15) is 23.2 Å². The summed E-state index contributed by atoms with van der Waals surface area (Å²) >= 11 is 7.25. The van der Waals surface area contributed by atoms with Gasteiger partial charge in [0, 0.05) is 11.1 Å². The zero-order chi connectivity index (χ0) is 27.7. The van der Waals surface area contributed by atoms with Crippen LogP contribution in [0.5, 0.6) is 5.75 Å². The van der Waals surface area contributed by atoms with E-state index in [0.29, 0.717) is 49.8 Å². The minimum Gasteiger partial charge on any atom is -0.492 e. The summed E-state index contributed by atoms with van der Waals surface area (Å²) in [7, 11) is 0. The summed E-state index contributed by atoms with van der Waals surface area (Å²) in [4.78, 5) is 37.0. The number of carbonyl (C=O) groups excluding carboxylic acids is 2. The number of imide groups is 1. The largest absolute Gasteiger partial charge is 0.492 e. The lowest BCUT2D eigenvalue weighted by Gasteiger charge is -2.12. The Morgan fingerprint density at radius 3 is 2.54 bits per heavy atom. The van der Waals surface area contributed by atoms with Crippen LogP contribution in [0.15, 0.2) is 74.8 Å². The molecule has 0 unspecified atom stereocenters. The highest BCUT2D eigenvalue weighted by Gasteiger charge is 2.27. The van der Waals surface area contributed by atoms with E-state index in [0.717, 1.165) is 23.9 Å². The molecule has 4 aromatic rings. The van der Waals surface area contributed by atoms with Crippen molar-refractivity contribution in [3.05, 3.63) is 104 Å². The molecule has 1 aromatic heterocycles. The number of carbonyl (C=O) groups is 2. The van der Waals surface area contributed by atoms with Crippen LogP contribution >= 0.6 is 23.4 Å². The molecule has 1 aliphatic rings. The lowest BCUT2D eigenvalue weighted by Crippen LogP contribution is -2.18. The molecule has 1 saturated heterocycles. The van der Waals surface area contributed by atoms with Gasteiger partial charge in [-0.3, -0.25) is 19.7 Å². The molecule has 5 rings (SSSR count). The second-order valence-electron chi connectivity index (χ2n) is 8.76. The Kier molecular flexibility index (Phi) is 7.54. The fourth-order valence-corrected chi connectivity index (χ4v) is 5.23. The van der Waals surface area contributed by atoms with Crippen LogP contribution in [0, 0.1) is 11.6 Å². The Balaban J connectivity index is 1.34. The minimum atomic E-state index is -1.04. The van der Waals surface area contributed by atoms with Crippen LogP contribution in [0.25, 0.3) is 27.9 Å². The van der Waals surface area contributed by atoms with Crippen molar-refractivity contribution in [3.63, 3.8) is 0 Å². The van der Waals surface area contributed by atoms with Crippen LogP contribution in [-0.4, -0.2) is 17.8 Å². The van der Waals surface area contributed by atoms with Crippen LogP contribution in [0.4, 0.5) is 13.6 Å². The Labute approximate surface area is 230 Å². The number of rotatable bonds is 7. The predicted octanol–water partition coefficient (Wildman–Crippen LogP) is 7.12. The molecule has 0 spiro atoms. The predicted molar refractivity (Wildman–Crippen MR) is 147 cm³/mol. The first-order valence-electron chi connectivity index (χ1n) is 11.9. The van der Waals surface area contributed by atoms with Crippen molar-refractivity contribution in [1.29, 1.82) is 0 Å². The van der Waals surface area contributed by atoms with Crippen LogP contribution in [-0.2, 0) is 11.2 Å². The number of hydrogen-bond donors (Lipinski definition) is 1. The van der Waals surface area contributed by atoms with E-state index in [2.05, 4.69) is 5.32 Å². The number of thioether (sulfide) groups is 1. The number of halogens is 3. The number of ether oxygens (including phenoxy) is 1. The third kappa shape index (κ3) is 5.46. The first-order valence-corrected chi connectivity index (χ1v) is 13.1. The smallest absolute Gasteiger partial charge is 0.290 e. The van der Waals surface area contributed by atoms with E-state index in [1.807, 2.05) is 0 Å². The zero-order valence-electron chi connectivity index (χ0n) is 20.5. The summed E-state index contributed by atoms with van der Waals surface area (Å²) in [6.45, 7) is 1.93. The molecule has 198 valence electrons. The average Bonchev–Trinajstić information content (AvgIpc) is 3.26. The van der Waals surface area contributed by atoms with E-state index < -0.39 is 22.8 Å². The lowest BCUT2D eigenvalue weighted by molar-refractivity contribution is -0.115. The highest BCUT2D eigenvalue weighted by Crippen LogP contribution is 2.35. The lowest BCUT2D eigenvalue weighted by atomic mass is 10.0. The van der Waals surface area contributed by atoms with Gasteiger partial charge in [-0.15, -0.1) is 0 Å². The van der Waals surface area contributed by atoms with Gasteiger partial charge in [-0.1, -0.05) is 29.8 Å². The van der Waals surface area contributed by atoms with Gasteiger partial charge >= 0.3 is 0 Å². The number of benzene rings is 3. The first-order chi connectivity index (χ1) is 18.7. The van der Waals surface area contributed by atoms with Gasteiger partial charge < -0.3 is 9.15 Å². The van der Waals surface area contributed by atoms with Gasteiger partial charge in [-0.05, 0) is 85.1 Å². The summed E-state index contributed by atoms with van der Waals surface area (Å²) < 4.78 is 39.3. The average molecular weight is 568 g/mol. The van der Waals surface area contributed by atoms with Crippen molar-refractivity contribution in [2.24, 2.45) is 0 Å². The van der Waals surface area contributed by atoms with E-state index in [4.69, 9.17) is 20.8 Å². The molecule has 1 fully saturated rings. The highest BCUT2D eigenvalue weighted by atomic mass is 35.5. The Morgan fingerprint density at radius 1 is 1.03 bits per heavy atom. The standard InChI is InChI=1S/C29H20ClF2NO5S/c1-15(27-28(35)33-29(36)39-27)16-9-11-24(20(30)13-16)37-12-4-6-19-25(34)18-5-2-3-7-23(18)38-26(19)17-8-10-21(31)22(32)14-17/h2-3,5,7-11,13-14H,4,6,12H2,1H3,(H,33,35,36)/b27-15+. The molecule has 3 aromatic carbocycles. The second kappa shape index (κ2) is 11.0. The van der Waals surface area contributed by atoms with Crippen molar-refractivity contribution < 1.29 is 27.5 Å². The monoisotopic (exact) mass is 567 g/mol. The van der Waals surface area contributed by atoms with Crippen LogP contribution < -0.4 is 15.5 Å². The van der Waals surface area contributed by atoms with Crippen molar-refractivity contribution in [2.45, 2.75) is 19.8 Å². The van der Waals surface area contributed by atoms with E-state index in [1.54, 1.807) is 49.4 Å². The maximum absolute atomic E-state index is 14.0. The molecule has 10 heteroatoms. The molecule has 2 heterocycles. The second-order valence-corrected chi connectivity index (χ2v) is 10.1. The fourth-order valence-electron chi connectivity index (χ4n) is 4.25. The van der Waals surface area contributed by atoms with Gasteiger partial charge in [-0.25, -0.2) is 8.78 Å². The number of fused-ring (bicyclic) bond motifs is 1. The molecule has 0 radical (unpaired) electrons. The molecule has 6 nitrogen and oxygen atoms in total. The molecule has 39 heavy (non-hydrogen) atoms. The summed E-state index contributed by atoms with van der Waals surface area (Å²) in [5.41, 5.74) is 1.96. The van der Waals surface area contributed by atoms with Gasteiger partial charge in [0.05, 0.1) is 21.9 Å². The minimum absolute atomic E-state index is 0.177. The van der Waals surface area contributed by atoms with E-state index in [-0.39, 0.29) is 29.8 Å². The normalized spacial score (nSPS) is 14.6. The van der Waals surface area contributed by atoms with Crippen molar-refractivity contribution >= 4 is 51.1 Å². The molecular weight excluding hydrogens is 548 g/mol. The molecular formula is C29H20ClF2NO5S. The van der Waals surface area contributed by atoms with Gasteiger partial charge in [0.1, 0.15) is 17.1 Å². The number of amides is 2. The zero-order valence-corrected chi connectivity index (χ0v) is 22.1. The van der Waals surface area contributed by atoms with Crippen LogP contribution in [0.3, 0.4) is 0 Å². The summed E-state index contributed by atoms with van der Waals surface area (Å²) in [5.74, 6) is -1.90. The van der Waals surface area contributed by atoms with E-state index >= 15 is 0 Å². The molecule has 0 atom stereocenters. The third-order valence-corrected chi connectivity index (χ3v) is 7.50. The topological polar surface area (TPSA) is 85.6 Å². The van der Waals surface area contributed by atoms with Gasteiger partial charge in [0.15, 0.2) is 17.1 Å². The maximum Gasteiger partial charge on any atom is 0.290 e. The van der Waals surface area contributed by atoms with Gasteiger partial charge in [0.2, 0.25) is 0 Å². The number of hydrogen-bond acceptors (Lipinski definition) is 6. The van der Waals surface area contributed by atoms with Crippen LogP contribution in [0.2, 0.25) is 5.02 Å². The van der Waals surface area contributed by atoms with Crippen molar-refractivity contribution in [1.82, 2.24) is 5.32 Å². The Morgan fingerprint density at radius 2 is 1.82 bits per heavy atom. The Bertz CT molecular complexity index is 1730. The highest BCUT2D eigenvalue weighted by molar-refractivity contribution is 8.18. The van der Waals surface area contributed by atoms with Crippen LogP contribution in [0.1, 0.15) is 24.5 Å². The molecule has 1 N–H and O–H groups in total. The molecule has 0 bridgehead atoms. The summed E-state index contributed by atoms with van der Waals surface area (Å²) in [6.07, 6.45) is 0.655. The number of para-hydroxylation sites is 1. The van der Waals surface area contributed by atoms with E-state index in [1.165, 1.54) is 6.07 Å². The van der Waals surface area contributed by atoms with Gasteiger partial charge in [0.25, 0.3) is 11.1 Å². The SMILES string of the molecule is C/C(=C1\SC(=O)NC1=O)c1ccc(OCCCc2c(-c3ccc(F)c(F)c3)oc3ccccc3c2=O)c(Cl)c1. The molecule has 2 amide bonds. The number of allylic oxidation sites excluding steroid dienone is 1. The summed E-state index contributed by atoms with van der Waals surface area (Å²) in [5, 5.41) is 2.51. The molecule has 0 aliphatic carbocycles. The number of nitrogens with one attached hydrogen (secondary N) is 1. The Hall–Kier alpha value is -3.95. The maximum atomic E-state index is 14.0. The third-order valence-electron chi connectivity index (χ3n) is 6.22. The summed E-state index contributed by atoms with van der Waals surface area (Å²) in [6, 6.07) is 15.2. The van der Waals surface area contributed by atoms with Crippen molar-refractivity contribution in [3.8, 4) is 17.1 Å². The molecule has 1 aliphatic heterocycles. The fraction of sp³-hybridized carbons (Fsp3) is 0.138.